The third-order valence-electron chi connectivity index (χ3n) is 4.48. The van der Waals surface area contributed by atoms with Crippen LogP contribution in [0.3, 0.4) is 0 Å². The van der Waals surface area contributed by atoms with Crippen molar-refractivity contribution in [2.45, 2.75) is 25.1 Å². The van der Waals surface area contributed by atoms with Crippen LogP contribution in [-0.4, -0.2) is 18.1 Å². The molecule has 4 heteroatoms. The van der Waals surface area contributed by atoms with Gasteiger partial charge in [0.1, 0.15) is 10.4 Å². The molecule has 0 unspecified atom stereocenters. The molecule has 2 aromatic rings. The van der Waals surface area contributed by atoms with Crippen molar-refractivity contribution in [3.63, 3.8) is 0 Å². The first-order valence-corrected chi connectivity index (χ1v) is 9.09. The Morgan fingerprint density at radius 3 is 2.39 bits per heavy atom. The second-order valence-electron chi connectivity index (χ2n) is 6.20. The number of aryl methyl sites for hydroxylation is 1. The van der Waals surface area contributed by atoms with Crippen LogP contribution >= 0.6 is 11.8 Å². The van der Waals surface area contributed by atoms with E-state index in [1.54, 1.807) is 11.8 Å². The van der Waals surface area contributed by atoms with Crippen molar-refractivity contribution in [1.29, 1.82) is 0 Å². The monoisotopic (exact) mass is 323 g/mol. The first-order valence-electron chi connectivity index (χ1n) is 8.21. The fourth-order valence-electron chi connectivity index (χ4n) is 3.09. The van der Waals surface area contributed by atoms with Crippen molar-refractivity contribution in [3.05, 3.63) is 65.2 Å². The van der Waals surface area contributed by atoms with E-state index in [1.165, 1.54) is 48.3 Å². The second kappa shape index (κ2) is 6.28. The van der Waals surface area contributed by atoms with Crippen LogP contribution in [0.1, 0.15) is 34.9 Å². The Morgan fingerprint density at radius 2 is 1.70 bits per heavy atom. The lowest BCUT2D eigenvalue weighted by atomic mass is 10.2. The lowest BCUT2D eigenvalue weighted by molar-refractivity contribution is 0.743. The lowest BCUT2D eigenvalue weighted by Gasteiger charge is -2.18. The minimum atomic E-state index is 0.207. The Labute approximate surface area is 141 Å². The summed E-state index contributed by atoms with van der Waals surface area (Å²) >= 11 is 1.79. The molecule has 0 aromatic heterocycles. The van der Waals surface area contributed by atoms with Crippen molar-refractivity contribution in [2.75, 3.05) is 18.0 Å². The van der Waals surface area contributed by atoms with E-state index in [4.69, 9.17) is 0 Å². The molecule has 1 saturated heterocycles. The van der Waals surface area contributed by atoms with Gasteiger partial charge in [-0.25, -0.2) is 0 Å². The Balaban J connectivity index is 1.45. The third kappa shape index (κ3) is 3.08. The SMILES string of the molecule is Cc1ccc(C2=NN[C@@H](c3ccc(N4CCCC4)cc3)S2)cc1. The fourth-order valence-corrected chi connectivity index (χ4v) is 4.09. The molecule has 3 nitrogen and oxygen atoms in total. The molecule has 1 N–H and O–H groups in total. The van der Waals surface area contributed by atoms with Crippen LogP contribution in [-0.2, 0) is 0 Å². The zero-order valence-corrected chi connectivity index (χ0v) is 14.1. The van der Waals surface area contributed by atoms with Crippen LogP contribution in [0.2, 0.25) is 0 Å². The predicted octanol–water partition coefficient (Wildman–Crippen LogP) is 4.29. The third-order valence-corrected chi connectivity index (χ3v) is 5.64. The van der Waals surface area contributed by atoms with Gasteiger partial charge < -0.3 is 4.90 Å². The van der Waals surface area contributed by atoms with E-state index in [-0.39, 0.29) is 5.37 Å². The topological polar surface area (TPSA) is 27.6 Å². The van der Waals surface area contributed by atoms with Crippen LogP contribution < -0.4 is 10.3 Å². The van der Waals surface area contributed by atoms with Gasteiger partial charge in [0.05, 0.1) is 0 Å². The quantitative estimate of drug-likeness (QED) is 0.913. The molecule has 118 valence electrons. The van der Waals surface area contributed by atoms with Crippen molar-refractivity contribution in [3.8, 4) is 0 Å². The summed E-state index contributed by atoms with van der Waals surface area (Å²) < 4.78 is 0. The number of thioether (sulfide) groups is 1. The van der Waals surface area contributed by atoms with Crippen molar-refractivity contribution in [2.24, 2.45) is 5.10 Å². The van der Waals surface area contributed by atoms with Crippen LogP contribution in [0, 0.1) is 6.92 Å². The predicted molar refractivity (Wildman–Crippen MR) is 99.1 cm³/mol. The van der Waals surface area contributed by atoms with E-state index in [2.05, 4.69) is 70.9 Å². The number of hydrogen-bond donors (Lipinski definition) is 1. The van der Waals surface area contributed by atoms with Gasteiger partial charge in [0.25, 0.3) is 0 Å². The van der Waals surface area contributed by atoms with E-state index in [0.717, 1.165) is 5.04 Å². The molecule has 0 saturated carbocycles. The summed E-state index contributed by atoms with van der Waals surface area (Å²) in [5.41, 5.74) is 8.35. The van der Waals surface area contributed by atoms with Gasteiger partial charge in [0, 0.05) is 24.3 Å². The molecule has 2 aromatic carbocycles. The fraction of sp³-hybridized carbons (Fsp3) is 0.316. The number of nitrogens with one attached hydrogen (secondary N) is 1. The zero-order valence-electron chi connectivity index (χ0n) is 13.3. The Hall–Kier alpha value is -1.94. The highest BCUT2D eigenvalue weighted by Gasteiger charge is 2.22. The molecule has 0 aliphatic carbocycles. The van der Waals surface area contributed by atoms with Gasteiger partial charge in [0.2, 0.25) is 0 Å². The van der Waals surface area contributed by atoms with Gasteiger partial charge in [-0.15, -0.1) is 0 Å². The Kier molecular flexibility index (Phi) is 4.00. The molecule has 4 rings (SSSR count). The van der Waals surface area contributed by atoms with Gasteiger partial charge in [-0.05, 0) is 37.5 Å². The summed E-state index contributed by atoms with van der Waals surface area (Å²) in [6.07, 6.45) is 2.63. The molecule has 0 bridgehead atoms. The highest BCUT2D eigenvalue weighted by Crippen LogP contribution is 2.35. The molecule has 2 heterocycles. The highest BCUT2D eigenvalue weighted by molar-refractivity contribution is 8.14. The number of benzene rings is 2. The molecule has 2 aliphatic rings. The molecular weight excluding hydrogens is 302 g/mol. The van der Waals surface area contributed by atoms with Crippen LogP contribution in [0.4, 0.5) is 5.69 Å². The maximum absolute atomic E-state index is 4.51. The van der Waals surface area contributed by atoms with Crippen molar-refractivity contribution in [1.82, 2.24) is 5.43 Å². The highest BCUT2D eigenvalue weighted by atomic mass is 32.2. The van der Waals surface area contributed by atoms with E-state index in [1.807, 2.05) is 0 Å². The molecule has 0 radical (unpaired) electrons. The summed E-state index contributed by atoms with van der Waals surface area (Å²) in [4.78, 5) is 2.47. The average Bonchev–Trinajstić information content (AvgIpc) is 3.28. The standard InChI is InChI=1S/C19H21N3S/c1-14-4-6-15(7-5-14)18-20-21-19(23-18)16-8-10-17(11-9-16)22-12-2-3-13-22/h4-11,19,21H,2-3,12-13H2,1H3/t19-/m1/s1. The minimum Gasteiger partial charge on any atom is -0.372 e. The van der Waals surface area contributed by atoms with Gasteiger partial charge in [-0.2, -0.15) is 5.10 Å². The largest absolute Gasteiger partial charge is 0.372 e. The van der Waals surface area contributed by atoms with Crippen LogP contribution in [0.15, 0.2) is 53.6 Å². The summed E-state index contributed by atoms with van der Waals surface area (Å²) in [5, 5.41) is 5.79. The minimum absolute atomic E-state index is 0.207. The zero-order chi connectivity index (χ0) is 15.6. The van der Waals surface area contributed by atoms with E-state index < -0.39 is 0 Å². The van der Waals surface area contributed by atoms with E-state index in [0.29, 0.717) is 0 Å². The van der Waals surface area contributed by atoms with Crippen LogP contribution in [0.5, 0.6) is 0 Å². The molecular formula is C19H21N3S. The number of hydrogen-bond acceptors (Lipinski definition) is 4. The maximum Gasteiger partial charge on any atom is 0.126 e. The normalized spacial score (nSPS) is 20.5. The number of hydrazone groups is 1. The molecule has 1 atom stereocenters. The van der Waals surface area contributed by atoms with Crippen molar-refractivity contribution >= 4 is 22.5 Å². The summed E-state index contributed by atoms with van der Waals surface area (Å²) in [7, 11) is 0. The van der Waals surface area contributed by atoms with Crippen LogP contribution in [0.25, 0.3) is 0 Å². The number of anilines is 1. The van der Waals surface area contributed by atoms with Gasteiger partial charge in [-0.1, -0.05) is 53.7 Å². The molecule has 0 spiro atoms. The smallest absolute Gasteiger partial charge is 0.126 e. The Bertz CT molecular complexity index is 700. The van der Waals surface area contributed by atoms with E-state index in [9.17, 15) is 0 Å². The average molecular weight is 323 g/mol. The van der Waals surface area contributed by atoms with E-state index >= 15 is 0 Å². The lowest BCUT2D eigenvalue weighted by Crippen LogP contribution is -2.17. The summed E-state index contributed by atoms with van der Waals surface area (Å²) in [5.74, 6) is 0. The second-order valence-corrected chi connectivity index (χ2v) is 7.29. The summed E-state index contributed by atoms with van der Waals surface area (Å²) in [6, 6.07) is 17.5. The molecule has 1 fully saturated rings. The number of rotatable bonds is 3. The molecule has 2 aliphatic heterocycles. The Morgan fingerprint density at radius 1 is 1.00 bits per heavy atom. The summed E-state index contributed by atoms with van der Waals surface area (Å²) in [6.45, 7) is 4.49. The molecule has 0 amide bonds. The first-order chi connectivity index (χ1) is 11.3. The van der Waals surface area contributed by atoms with Gasteiger partial charge in [0.15, 0.2) is 0 Å². The maximum atomic E-state index is 4.51. The van der Waals surface area contributed by atoms with Crippen molar-refractivity contribution < 1.29 is 0 Å². The number of nitrogens with zero attached hydrogens (tertiary/aromatic N) is 2. The first kappa shape index (κ1) is 14.6. The molecule has 23 heavy (non-hydrogen) atoms. The van der Waals surface area contributed by atoms with Gasteiger partial charge >= 0.3 is 0 Å². The van der Waals surface area contributed by atoms with Gasteiger partial charge in [-0.3, -0.25) is 5.43 Å².